The van der Waals surface area contributed by atoms with Crippen molar-refractivity contribution in [1.82, 2.24) is 4.90 Å². The van der Waals surface area contributed by atoms with Crippen LogP contribution in [0.25, 0.3) is 0 Å². The molecule has 1 aliphatic heterocycles. The van der Waals surface area contributed by atoms with Crippen molar-refractivity contribution in [3.63, 3.8) is 0 Å². The Morgan fingerprint density at radius 2 is 2.21 bits per heavy atom. The SMILES string of the molecule is O[C@@H]1CCN(Cc2ccccc2F)C1. The largest absolute Gasteiger partial charge is 0.392 e. The number of aliphatic hydroxyl groups is 1. The van der Waals surface area contributed by atoms with Gasteiger partial charge in [-0.2, -0.15) is 0 Å². The molecule has 0 amide bonds. The predicted molar refractivity (Wildman–Crippen MR) is 52.3 cm³/mol. The van der Waals surface area contributed by atoms with Crippen LogP contribution in [0.3, 0.4) is 0 Å². The van der Waals surface area contributed by atoms with Crippen molar-refractivity contribution in [3.8, 4) is 0 Å². The summed E-state index contributed by atoms with van der Waals surface area (Å²) in [7, 11) is 0. The second-order valence-electron chi connectivity index (χ2n) is 3.77. The molecular weight excluding hydrogens is 181 g/mol. The van der Waals surface area contributed by atoms with Gasteiger partial charge in [-0.15, -0.1) is 0 Å². The van der Waals surface area contributed by atoms with Crippen molar-refractivity contribution < 1.29 is 9.50 Å². The van der Waals surface area contributed by atoms with E-state index in [0.717, 1.165) is 13.0 Å². The fourth-order valence-corrected chi connectivity index (χ4v) is 1.82. The van der Waals surface area contributed by atoms with Crippen molar-refractivity contribution in [2.45, 2.75) is 19.1 Å². The van der Waals surface area contributed by atoms with Crippen LogP contribution in [0.1, 0.15) is 12.0 Å². The second-order valence-corrected chi connectivity index (χ2v) is 3.77. The molecule has 1 aromatic carbocycles. The van der Waals surface area contributed by atoms with E-state index in [2.05, 4.69) is 4.90 Å². The lowest BCUT2D eigenvalue weighted by Gasteiger charge is -2.14. The summed E-state index contributed by atoms with van der Waals surface area (Å²) >= 11 is 0. The Hall–Kier alpha value is -0.930. The Morgan fingerprint density at radius 1 is 1.43 bits per heavy atom. The van der Waals surface area contributed by atoms with Crippen molar-refractivity contribution in [2.75, 3.05) is 13.1 Å². The molecule has 1 heterocycles. The van der Waals surface area contributed by atoms with Gasteiger partial charge in [-0.05, 0) is 12.5 Å². The minimum atomic E-state index is -0.234. The average molecular weight is 195 g/mol. The zero-order valence-electron chi connectivity index (χ0n) is 7.99. The highest BCUT2D eigenvalue weighted by Crippen LogP contribution is 2.15. The number of nitrogens with zero attached hydrogens (tertiary/aromatic N) is 1. The van der Waals surface area contributed by atoms with E-state index in [-0.39, 0.29) is 11.9 Å². The number of benzene rings is 1. The van der Waals surface area contributed by atoms with Crippen LogP contribution in [0.15, 0.2) is 24.3 Å². The van der Waals surface area contributed by atoms with Gasteiger partial charge in [-0.1, -0.05) is 18.2 Å². The summed E-state index contributed by atoms with van der Waals surface area (Å²) < 4.78 is 13.3. The minimum absolute atomic E-state index is 0.158. The highest BCUT2D eigenvalue weighted by Gasteiger charge is 2.20. The molecular formula is C11H14FNO. The lowest BCUT2D eigenvalue weighted by molar-refractivity contribution is 0.174. The molecule has 0 bridgehead atoms. The Bertz CT molecular complexity index is 316. The third kappa shape index (κ3) is 2.11. The predicted octanol–water partition coefficient (Wildman–Crippen LogP) is 1.39. The highest BCUT2D eigenvalue weighted by atomic mass is 19.1. The molecule has 76 valence electrons. The van der Waals surface area contributed by atoms with Gasteiger partial charge in [0.1, 0.15) is 5.82 Å². The summed E-state index contributed by atoms with van der Waals surface area (Å²) in [5.41, 5.74) is 0.710. The number of likely N-dealkylation sites (tertiary alicyclic amines) is 1. The van der Waals surface area contributed by atoms with Crippen LogP contribution in [0.4, 0.5) is 4.39 Å². The van der Waals surface area contributed by atoms with Crippen LogP contribution in [0.2, 0.25) is 0 Å². The number of aliphatic hydroxyl groups excluding tert-OH is 1. The Labute approximate surface area is 83.0 Å². The third-order valence-electron chi connectivity index (χ3n) is 2.60. The quantitative estimate of drug-likeness (QED) is 0.771. The van der Waals surface area contributed by atoms with Gasteiger partial charge in [-0.3, -0.25) is 4.90 Å². The van der Waals surface area contributed by atoms with Gasteiger partial charge in [-0.25, -0.2) is 4.39 Å². The van der Waals surface area contributed by atoms with Gasteiger partial charge < -0.3 is 5.11 Å². The maximum Gasteiger partial charge on any atom is 0.127 e. The van der Waals surface area contributed by atoms with E-state index in [1.807, 2.05) is 6.07 Å². The van der Waals surface area contributed by atoms with Gasteiger partial charge in [0.15, 0.2) is 0 Å². The van der Waals surface area contributed by atoms with Crippen LogP contribution in [0, 0.1) is 5.82 Å². The molecule has 2 nitrogen and oxygen atoms in total. The summed E-state index contributed by atoms with van der Waals surface area (Å²) in [5.74, 6) is -0.158. The van der Waals surface area contributed by atoms with Crippen molar-refractivity contribution >= 4 is 0 Å². The summed E-state index contributed by atoms with van der Waals surface area (Å²) in [6.45, 7) is 2.12. The van der Waals surface area contributed by atoms with E-state index in [9.17, 15) is 9.50 Å². The standard InChI is InChI=1S/C11H14FNO/c12-11-4-2-1-3-9(11)7-13-6-5-10(14)8-13/h1-4,10,14H,5-8H2/t10-/m1/s1. The monoisotopic (exact) mass is 195 g/mol. The fourth-order valence-electron chi connectivity index (χ4n) is 1.82. The summed E-state index contributed by atoms with van der Waals surface area (Å²) in [6, 6.07) is 6.80. The zero-order chi connectivity index (χ0) is 9.97. The first kappa shape index (κ1) is 9.62. The Balaban J connectivity index is 2.01. The van der Waals surface area contributed by atoms with Crippen LogP contribution < -0.4 is 0 Å². The van der Waals surface area contributed by atoms with Gasteiger partial charge in [0.25, 0.3) is 0 Å². The van der Waals surface area contributed by atoms with Gasteiger partial charge in [0, 0.05) is 25.2 Å². The Morgan fingerprint density at radius 3 is 2.86 bits per heavy atom. The number of β-amino-alcohol motifs (C(OH)–C–C–N with tert-alkyl or cyclic N) is 1. The molecule has 0 unspecified atom stereocenters. The molecule has 2 rings (SSSR count). The van der Waals surface area contributed by atoms with Crippen molar-refractivity contribution in [1.29, 1.82) is 0 Å². The molecule has 0 spiro atoms. The van der Waals surface area contributed by atoms with E-state index in [1.165, 1.54) is 6.07 Å². The van der Waals surface area contributed by atoms with Gasteiger partial charge in [0.2, 0.25) is 0 Å². The molecule has 0 aromatic heterocycles. The molecule has 1 fully saturated rings. The zero-order valence-corrected chi connectivity index (χ0v) is 7.99. The normalized spacial score (nSPS) is 22.9. The maximum absolute atomic E-state index is 13.3. The van der Waals surface area contributed by atoms with E-state index in [1.54, 1.807) is 12.1 Å². The average Bonchev–Trinajstić information content (AvgIpc) is 2.56. The molecule has 3 heteroatoms. The maximum atomic E-state index is 13.3. The summed E-state index contributed by atoms with van der Waals surface area (Å²) in [4.78, 5) is 2.07. The molecule has 1 aromatic rings. The molecule has 1 aliphatic rings. The van der Waals surface area contributed by atoms with Crippen LogP contribution >= 0.6 is 0 Å². The topological polar surface area (TPSA) is 23.5 Å². The first-order valence-electron chi connectivity index (χ1n) is 4.89. The molecule has 1 atom stereocenters. The lowest BCUT2D eigenvalue weighted by Crippen LogP contribution is -2.21. The molecule has 1 N–H and O–H groups in total. The second kappa shape index (κ2) is 4.07. The molecule has 0 radical (unpaired) electrons. The summed E-state index contributed by atoms with van der Waals surface area (Å²) in [6.07, 6.45) is 0.566. The van der Waals surface area contributed by atoms with Gasteiger partial charge in [0.05, 0.1) is 6.10 Å². The van der Waals surface area contributed by atoms with Crippen molar-refractivity contribution in [3.05, 3.63) is 35.6 Å². The highest BCUT2D eigenvalue weighted by molar-refractivity contribution is 5.17. The van der Waals surface area contributed by atoms with Crippen LogP contribution in [-0.4, -0.2) is 29.2 Å². The lowest BCUT2D eigenvalue weighted by atomic mass is 10.2. The molecule has 0 aliphatic carbocycles. The first-order chi connectivity index (χ1) is 6.75. The number of halogens is 1. The number of hydrogen-bond donors (Lipinski definition) is 1. The molecule has 0 saturated carbocycles. The van der Waals surface area contributed by atoms with E-state index >= 15 is 0 Å². The van der Waals surface area contributed by atoms with Crippen LogP contribution in [-0.2, 0) is 6.54 Å². The van der Waals surface area contributed by atoms with E-state index in [0.29, 0.717) is 18.7 Å². The van der Waals surface area contributed by atoms with Crippen LogP contribution in [0.5, 0.6) is 0 Å². The molecule has 14 heavy (non-hydrogen) atoms. The third-order valence-corrected chi connectivity index (χ3v) is 2.60. The summed E-state index contributed by atoms with van der Waals surface area (Å²) in [5, 5.41) is 9.31. The molecule has 1 saturated heterocycles. The minimum Gasteiger partial charge on any atom is -0.392 e. The Kier molecular flexibility index (Phi) is 2.79. The smallest absolute Gasteiger partial charge is 0.127 e. The number of rotatable bonds is 2. The van der Waals surface area contributed by atoms with Gasteiger partial charge >= 0.3 is 0 Å². The van der Waals surface area contributed by atoms with E-state index in [4.69, 9.17) is 0 Å². The van der Waals surface area contributed by atoms with Crippen molar-refractivity contribution in [2.24, 2.45) is 0 Å². The first-order valence-corrected chi connectivity index (χ1v) is 4.89. The van der Waals surface area contributed by atoms with E-state index < -0.39 is 0 Å². The fraction of sp³-hybridized carbons (Fsp3) is 0.455. The number of hydrogen-bond acceptors (Lipinski definition) is 2.